The molecule has 0 aromatic heterocycles. The van der Waals surface area contributed by atoms with Gasteiger partial charge < -0.3 is 0 Å². The zero-order valence-corrected chi connectivity index (χ0v) is 7.25. The van der Waals surface area contributed by atoms with Crippen molar-refractivity contribution >= 4 is 11.9 Å². The Morgan fingerprint density at radius 3 is 3.18 bits per heavy atom. The third-order valence-electron chi connectivity index (χ3n) is 2.52. The van der Waals surface area contributed by atoms with E-state index in [4.69, 9.17) is 0 Å². The van der Waals surface area contributed by atoms with E-state index < -0.39 is 0 Å². The first-order valence-corrected chi connectivity index (χ1v) is 4.45. The molecule has 0 bridgehead atoms. The lowest BCUT2D eigenvalue weighted by Gasteiger charge is -2.00. The van der Waals surface area contributed by atoms with Crippen molar-refractivity contribution in [1.29, 1.82) is 0 Å². The highest BCUT2D eigenvalue weighted by atomic mass is 15.2. The largest absolute Gasteiger partial charge is 0.246 e. The normalized spacial score (nSPS) is 28.8. The van der Waals surface area contributed by atoms with Crippen LogP contribution < -0.4 is 0 Å². The summed E-state index contributed by atoms with van der Waals surface area (Å²) in [5.74, 6) is 0.641. The van der Waals surface area contributed by atoms with Gasteiger partial charge >= 0.3 is 0 Å². The van der Waals surface area contributed by atoms with Gasteiger partial charge in [-0.15, -0.1) is 0 Å². The van der Waals surface area contributed by atoms with E-state index in [-0.39, 0.29) is 0 Å². The Balaban J connectivity index is 2.30. The molecule has 0 saturated carbocycles. The van der Waals surface area contributed by atoms with Crippen LogP contribution >= 0.6 is 0 Å². The van der Waals surface area contributed by atoms with Crippen LogP contribution in [0, 0.1) is 5.92 Å². The molecule has 1 atom stereocenters. The van der Waals surface area contributed by atoms with Crippen LogP contribution in [0.2, 0.25) is 0 Å². The van der Waals surface area contributed by atoms with Crippen molar-refractivity contribution in [2.45, 2.75) is 32.9 Å². The van der Waals surface area contributed by atoms with Gasteiger partial charge in [0.15, 0.2) is 5.71 Å². The van der Waals surface area contributed by atoms with Crippen LogP contribution in [-0.4, -0.2) is 29.2 Å². The second-order valence-electron chi connectivity index (χ2n) is 3.67. The topological polar surface area (TPSA) is 15.4 Å². The van der Waals surface area contributed by atoms with Crippen molar-refractivity contribution in [2.24, 2.45) is 10.9 Å². The molecule has 0 aliphatic carbocycles. The van der Waals surface area contributed by atoms with E-state index in [1.54, 1.807) is 0 Å². The molecular weight excluding hydrogens is 136 g/mol. The lowest BCUT2D eigenvalue weighted by atomic mass is 10.1. The van der Waals surface area contributed by atoms with E-state index in [9.17, 15) is 0 Å². The smallest absolute Gasteiger partial charge is 0.219 e. The summed E-state index contributed by atoms with van der Waals surface area (Å²) < 4.78 is 2.45. The minimum Gasteiger partial charge on any atom is -0.219 e. The summed E-state index contributed by atoms with van der Waals surface area (Å²) in [6, 6.07) is 0. The molecule has 2 rings (SSSR count). The molecule has 0 aromatic carbocycles. The number of hydrogen-bond donors (Lipinski definition) is 0. The number of fused-ring (bicyclic) bond motifs is 1. The predicted octanol–water partition coefficient (Wildman–Crippen LogP) is 1.30. The van der Waals surface area contributed by atoms with Gasteiger partial charge in [0, 0.05) is 18.8 Å². The van der Waals surface area contributed by atoms with Gasteiger partial charge in [-0.1, -0.05) is 13.8 Å². The zero-order chi connectivity index (χ0) is 7.84. The standard InChI is InChI=1S/C9H15N2/c1-7(2)8-6-10-9-4-3-5-11(8)9/h6-7,9H,3-5H2,1-2H3/q+1. The molecule has 2 heteroatoms. The Kier molecular flexibility index (Phi) is 1.55. The Labute approximate surface area is 67.6 Å². The summed E-state index contributed by atoms with van der Waals surface area (Å²) >= 11 is 0. The van der Waals surface area contributed by atoms with Crippen molar-refractivity contribution < 1.29 is 4.58 Å². The van der Waals surface area contributed by atoms with E-state index in [2.05, 4.69) is 29.6 Å². The van der Waals surface area contributed by atoms with Gasteiger partial charge in [0.2, 0.25) is 6.17 Å². The van der Waals surface area contributed by atoms with Crippen LogP contribution in [0.1, 0.15) is 26.7 Å². The molecule has 1 unspecified atom stereocenters. The average Bonchev–Trinajstić information content (AvgIpc) is 2.41. The van der Waals surface area contributed by atoms with E-state index in [1.807, 2.05) is 0 Å². The molecule has 2 heterocycles. The maximum atomic E-state index is 4.46. The fourth-order valence-electron chi connectivity index (χ4n) is 1.92. The first-order chi connectivity index (χ1) is 5.29. The summed E-state index contributed by atoms with van der Waals surface area (Å²) in [6.07, 6.45) is 5.15. The Morgan fingerprint density at radius 2 is 2.45 bits per heavy atom. The van der Waals surface area contributed by atoms with Crippen LogP contribution in [0.15, 0.2) is 4.99 Å². The second kappa shape index (κ2) is 2.43. The third kappa shape index (κ3) is 1.01. The van der Waals surface area contributed by atoms with Crippen molar-refractivity contribution in [2.75, 3.05) is 6.54 Å². The monoisotopic (exact) mass is 151 g/mol. The zero-order valence-electron chi connectivity index (χ0n) is 7.25. The van der Waals surface area contributed by atoms with Crippen molar-refractivity contribution in [3.8, 4) is 0 Å². The number of rotatable bonds is 1. The SMILES string of the molecule is CC(C)C1=[N+]2CCCC2N=C1. The Morgan fingerprint density at radius 1 is 1.64 bits per heavy atom. The average molecular weight is 151 g/mol. The minimum absolute atomic E-state index is 0.507. The molecule has 0 amide bonds. The maximum Gasteiger partial charge on any atom is 0.246 e. The van der Waals surface area contributed by atoms with Gasteiger partial charge in [-0.2, -0.15) is 0 Å². The van der Waals surface area contributed by atoms with Crippen LogP contribution in [0.3, 0.4) is 0 Å². The molecule has 60 valence electrons. The van der Waals surface area contributed by atoms with Crippen molar-refractivity contribution in [1.82, 2.24) is 0 Å². The molecule has 0 N–H and O–H groups in total. The van der Waals surface area contributed by atoms with Crippen molar-refractivity contribution in [3.05, 3.63) is 0 Å². The Hall–Kier alpha value is -0.660. The van der Waals surface area contributed by atoms with E-state index in [1.165, 1.54) is 25.1 Å². The maximum absolute atomic E-state index is 4.46. The van der Waals surface area contributed by atoms with Gasteiger partial charge in [0.1, 0.15) is 6.54 Å². The molecule has 1 saturated heterocycles. The van der Waals surface area contributed by atoms with Crippen LogP contribution in [0.4, 0.5) is 0 Å². The molecule has 2 nitrogen and oxygen atoms in total. The molecule has 1 fully saturated rings. The Bertz CT molecular complexity index is 226. The van der Waals surface area contributed by atoms with Gasteiger partial charge in [0.25, 0.3) is 0 Å². The highest BCUT2D eigenvalue weighted by Crippen LogP contribution is 2.18. The second-order valence-corrected chi connectivity index (χ2v) is 3.67. The summed E-state index contributed by atoms with van der Waals surface area (Å²) in [6.45, 7) is 5.70. The van der Waals surface area contributed by atoms with Crippen LogP contribution in [0.25, 0.3) is 0 Å². The first kappa shape index (κ1) is 7.01. The van der Waals surface area contributed by atoms with E-state index in [0.717, 1.165) is 0 Å². The fraction of sp³-hybridized carbons (Fsp3) is 0.778. The number of nitrogens with zero attached hydrogens (tertiary/aromatic N) is 2. The first-order valence-electron chi connectivity index (χ1n) is 4.45. The van der Waals surface area contributed by atoms with Crippen molar-refractivity contribution in [3.63, 3.8) is 0 Å². The molecular formula is C9H15N2+. The van der Waals surface area contributed by atoms with E-state index in [0.29, 0.717) is 12.1 Å². The quantitative estimate of drug-likeness (QED) is 0.502. The molecule has 2 aliphatic rings. The molecule has 0 radical (unpaired) electrons. The third-order valence-corrected chi connectivity index (χ3v) is 2.52. The van der Waals surface area contributed by atoms with Gasteiger partial charge in [-0.25, -0.2) is 9.57 Å². The number of hydrogen-bond acceptors (Lipinski definition) is 1. The lowest BCUT2D eigenvalue weighted by molar-refractivity contribution is -0.538. The van der Waals surface area contributed by atoms with Gasteiger partial charge in [-0.3, -0.25) is 0 Å². The molecule has 11 heavy (non-hydrogen) atoms. The summed E-state index contributed by atoms with van der Waals surface area (Å²) in [4.78, 5) is 4.46. The molecule has 2 aliphatic heterocycles. The summed E-state index contributed by atoms with van der Waals surface area (Å²) in [5, 5.41) is 0. The predicted molar refractivity (Wildman–Crippen MR) is 46.5 cm³/mol. The molecule has 0 aromatic rings. The summed E-state index contributed by atoms with van der Waals surface area (Å²) in [7, 11) is 0. The van der Waals surface area contributed by atoms with Crippen LogP contribution in [0.5, 0.6) is 0 Å². The molecule has 0 spiro atoms. The van der Waals surface area contributed by atoms with Gasteiger partial charge in [0.05, 0.1) is 6.21 Å². The highest BCUT2D eigenvalue weighted by molar-refractivity contribution is 6.29. The lowest BCUT2D eigenvalue weighted by Crippen LogP contribution is -2.23. The number of aliphatic imine (C=N–C) groups is 1. The minimum atomic E-state index is 0.507. The van der Waals surface area contributed by atoms with Gasteiger partial charge in [-0.05, 0) is 0 Å². The van der Waals surface area contributed by atoms with E-state index >= 15 is 0 Å². The van der Waals surface area contributed by atoms with Crippen LogP contribution in [-0.2, 0) is 0 Å². The summed E-state index contributed by atoms with van der Waals surface area (Å²) in [5.41, 5.74) is 1.44. The fourth-order valence-corrected chi connectivity index (χ4v) is 1.92. The highest BCUT2D eigenvalue weighted by Gasteiger charge is 2.34.